The van der Waals surface area contributed by atoms with Crippen molar-refractivity contribution in [2.75, 3.05) is 0 Å². The maximum atomic E-state index is 2.30. The quantitative estimate of drug-likeness (QED) is 0.115. The predicted octanol–water partition coefficient (Wildman–Crippen LogP) is 9.95. The minimum absolute atomic E-state index is 0. The third-order valence-electron chi connectivity index (χ3n) is 5.52. The minimum Gasteiger partial charge on any atom is -0.114 e. The lowest BCUT2D eigenvalue weighted by atomic mass is 10.1. The molecule has 0 aromatic heterocycles. The molecule has 0 bridgehead atoms. The Labute approximate surface area is 184 Å². The standard InChI is InChI=1S/2C12H25.Al.BrH/c2*1-3-5-7-9-11-12-10-8-6-4-2;;/h2*1,3-12H2,2H3;;1H. The Balaban J connectivity index is 0. The zero-order valence-electron chi connectivity index (χ0n) is 18.5. The van der Waals surface area contributed by atoms with Crippen molar-refractivity contribution in [2.45, 2.75) is 153 Å². The number of rotatable bonds is 22. The normalized spacial score (nSPS) is 10.7. The van der Waals surface area contributed by atoms with Crippen LogP contribution >= 0.6 is 17.0 Å². The van der Waals surface area contributed by atoms with Gasteiger partial charge in [-0.15, -0.1) is 27.5 Å². The van der Waals surface area contributed by atoms with E-state index in [1.807, 2.05) is 0 Å². The molecule has 157 valence electrons. The highest BCUT2D eigenvalue weighted by atomic mass is 79.9. The van der Waals surface area contributed by atoms with E-state index < -0.39 is 0 Å². The molecule has 0 aliphatic rings. The van der Waals surface area contributed by atoms with Gasteiger partial charge in [0.05, 0.1) is 0 Å². The number of halogens is 1. The van der Waals surface area contributed by atoms with E-state index in [0.29, 0.717) is 0 Å². The molecular formula is C24H51AlBr. The van der Waals surface area contributed by atoms with Crippen LogP contribution in [0.2, 0.25) is 10.6 Å². The molecule has 0 aliphatic carbocycles. The van der Waals surface area contributed by atoms with E-state index >= 15 is 0 Å². The fourth-order valence-electron chi connectivity index (χ4n) is 3.70. The molecule has 0 heterocycles. The molecule has 0 saturated carbocycles. The Bertz CT molecular complexity index is 198. The molecule has 0 unspecified atom stereocenters. The summed E-state index contributed by atoms with van der Waals surface area (Å²) in [5, 5.41) is 3.15. The summed E-state index contributed by atoms with van der Waals surface area (Å²) in [6.45, 7) is 4.61. The van der Waals surface area contributed by atoms with Crippen LogP contribution in [0.25, 0.3) is 0 Å². The van der Waals surface area contributed by atoms with Gasteiger partial charge in [0, 0.05) is 0 Å². The first-order chi connectivity index (χ1) is 12.4. The SMILES string of the molecule is Br.CCCCCCCCCCC[CH2][Al][CH2]CCCCCCCCCCC. The lowest BCUT2D eigenvalue weighted by Crippen LogP contribution is -1.90. The molecule has 0 amide bonds. The van der Waals surface area contributed by atoms with Crippen molar-refractivity contribution in [3.8, 4) is 0 Å². The van der Waals surface area contributed by atoms with Gasteiger partial charge in [-0.1, -0.05) is 142 Å². The summed E-state index contributed by atoms with van der Waals surface area (Å²) in [4.78, 5) is 0. The van der Waals surface area contributed by atoms with Crippen molar-refractivity contribution >= 4 is 32.2 Å². The van der Waals surface area contributed by atoms with Crippen LogP contribution in [-0.2, 0) is 0 Å². The molecule has 0 aromatic carbocycles. The van der Waals surface area contributed by atoms with Gasteiger partial charge in [-0.2, -0.15) is 0 Å². The summed E-state index contributed by atoms with van der Waals surface area (Å²) in [7, 11) is 0. The summed E-state index contributed by atoms with van der Waals surface area (Å²) in [6.07, 6.45) is 29.6. The van der Waals surface area contributed by atoms with Gasteiger partial charge in [-0.25, -0.2) is 0 Å². The first-order valence-corrected chi connectivity index (χ1v) is 13.9. The molecule has 26 heavy (non-hydrogen) atoms. The molecule has 0 saturated heterocycles. The Morgan fingerprint density at radius 2 is 0.577 bits per heavy atom. The summed E-state index contributed by atoms with van der Waals surface area (Å²) < 4.78 is 0. The number of hydrogen-bond acceptors (Lipinski definition) is 0. The molecule has 0 rings (SSSR count). The van der Waals surface area contributed by atoms with E-state index in [0.717, 1.165) is 15.2 Å². The molecule has 0 N–H and O–H groups in total. The highest BCUT2D eigenvalue weighted by Gasteiger charge is 1.96. The third-order valence-corrected chi connectivity index (χ3v) is 7.16. The monoisotopic (exact) mass is 445 g/mol. The zero-order valence-corrected chi connectivity index (χ0v) is 21.4. The van der Waals surface area contributed by atoms with Crippen LogP contribution in [0.1, 0.15) is 142 Å². The first kappa shape index (κ1) is 29.2. The van der Waals surface area contributed by atoms with E-state index in [1.165, 1.54) is 128 Å². The average molecular weight is 447 g/mol. The van der Waals surface area contributed by atoms with Gasteiger partial charge >= 0.3 is 0 Å². The van der Waals surface area contributed by atoms with Crippen molar-refractivity contribution in [3.63, 3.8) is 0 Å². The lowest BCUT2D eigenvalue weighted by molar-refractivity contribution is 0.560. The highest BCUT2D eigenvalue weighted by Crippen LogP contribution is 2.13. The maximum Gasteiger partial charge on any atom is 0.199 e. The Kier molecular flexibility index (Phi) is 31.7. The predicted molar refractivity (Wildman–Crippen MR) is 129 cm³/mol. The van der Waals surface area contributed by atoms with Crippen LogP contribution in [0.15, 0.2) is 0 Å². The van der Waals surface area contributed by atoms with E-state index in [-0.39, 0.29) is 17.0 Å². The summed E-state index contributed by atoms with van der Waals surface area (Å²) in [6, 6.07) is 0. The van der Waals surface area contributed by atoms with Gasteiger partial charge in [-0.3, -0.25) is 0 Å². The second kappa shape index (κ2) is 28.2. The van der Waals surface area contributed by atoms with Crippen LogP contribution in [0, 0.1) is 0 Å². The Morgan fingerprint density at radius 1 is 0.346 bits per heavy atom. The molecule has 0 nitrogen and oxygen atoms in total. The first-order valence-electron chi connectivity index (χ1n) is 12.2. The minimum atomic E-state index is 0. The molecule has 0 atom stereocenters. The number of hydrogen-bond donors (Lipinski definition) is 0. The van der Waals surface area contributed by atoms with Gasteiger partial charge in [0.15, 0.2) is 15.2 Å². The van der Waals surface area contributed by atoms with Gasteiger partial charge in [-0.05, 0) is 0 Å². The van der Waals surface area contributed by atoms with Gasteiger partial charge in [0.2, 0.25) is 0 Å². The highest BCUT2D eigenvalue weighted by molar-refractivity contribution is 8.93. The second-order valence-electron chi connectivity index (χ2n) is 8.23. The molecule has 2 heteroatoms. The Hall–Kier alpha value is 1.01. The van der Waals surface area contributed by atoms with Crippen molar-refractivity contribution < 1.29 is 0 Å². The van der Waals surface area contributed by atoms with Crippen molar-refractivity contribution in [2.24, 2.45) is 0 Å². The van der Waals surface area contributed by atoms with Crippen LogP contribution in [-0.4, -0.2) is 15.2 Å². The lowest BCUT2D eigenvalue weighted by Gasteiger charge is -2.03. The van der Waals surface area contributed by atoms with E-state index in [1.54, 1.807) is 10.6 Å². The number of unbranched alkanes of at least 4 members (excludes halogenated alkanes) is 18. The van der Waals surface area contributed by atoms with Crippen LogP contribution in [0.4, 0.5) is 0 Å². The van der Waals surface area contributed by atoms with Crippen LogP contribution < -0.4 is 0 Å². The molecule has 1 radical (unpaired) electrons. The molecular weight excluding hydrogens is 395 g/mol. The largest absolute Gasteiger partial charge is 0.199 e. The van der Waals surface area contributed by atoms with Gasteiger partial charge in [0.25, 0.3) is 0 Å². The molecule has 0 aliphatic heterocycles. The zero-order chi connectivity index (χ0) is 18.3. The molecule has 0 fully saturated rings. The smallest absolute Gasteiger partial charge is 0.114 e. The van der Waals surface area contributed by atoms with Gasteiger partial charge < -0.3 is 0 Å². The fraction of sp³-hybridized carbons (Fsp3) is 1.00. The van der Waals surface area contributed by atoms with Crippen LogP contribution in [0.3, 0.4) is 0 Å². The van der Waals surface area contributed by atoms with E-state index in [4.69, 9.17) is 0 Å². The summed E-state index contributed by atoms with van der Waals surface area (Å²) in [5.41, 5.74) is 0. The van der Waals surface area contributed by atoms with Gasteiger partial charge in [0.1, 0.15) is 0 Å². The molecule has 0 aromatic rings. The fourth-order valence-corrected chi connectivity index (χ4v) is 5.14. The van der Waals surface area contributed by atoms with Crippen LogP contribution in [0.5, 0.6) is 0 Å². The molecule has 0 spiro atoms. The average Bonchev–Trinajstić information content (AvgIpc) is 2.63. The van der Waals surface area contributed by atoms with Crippen molar-refractivity contribution in [1.29, 1.82) is 0 Å². The Morgan fingerprint density at radius 3 is 0.846 bits per heavy atom. The van der Waals surface area contributed by atoms with Crippen molar-refractivity contribution in [3.05, 3.63) is 0 Å². The van der Waals surface area contributed by atoms with E-state index in [9.17, 15) is 0 Å². The summed E-state index contributed by atoms with van der Waals surface area (Å²) >= 11 is 0.780. The summed E-state index contributed by atoms with van der Waals surface area (Å²) in [5.74, 6) is 0. The maximum absolute atomic E-state index is 2.30. The van der Waals surface area contributed by atoms with Crippen molar-refractivity contribution in [1.82, 2.24) is 0 Å². The van der Waals surface area contributed by atoms with E-state index in [2.05, 4.69) is 13.8 Å². The topological polar surface area (TPSA) is 0 Å². The third kappa shape index (κ3) is 27.2. The second-order valence-corrected chi connectivity index (χ2v) is 9.96.